The number of rotatable bonds is 4. The van der Waals surface area contributed by atoms with Crippen LogP contribution in [0.15, 0.2) is 0 Å². The van der Waals surface area contributed by atoms with E-state index < -0.39 is 68.0 Å². The van der Waals surface area contributed by atoms with E-state index in [4.69, 9.17) is 14.2 Å². The van der Waals surface area contributed by atoms with E-state index in [2.05, 4.69) is 12.6 Å². The Hall–Kier alpha value is -0.0500. The highest BCUT2D eigenvalue weighted by Crippen LogP contribution is 2.28. The molecule has 0 aromatic rings. The standard InChI is InChI=1S/C12H22O10S/c13-1-3-10(7(16)8(17)11(19)20-3)22-12-9(18)6(15)5(14)4(2-23)21-12/h3-19,23H,1-2H2/t3?,4?,5-,6?,7?,8?,9?,10-,11-,12+/m1/s1. The molecule has 23 heavy (non-hydrogen) atoms. The van der Waals surface area contributed by atoms with E-state index in [0.29, 0.717) is 0 Å². The summed E-state index contributed by atoms with van der Waals surface area (Å²) in [5.74, 6) is 0.0271. The predicted octanol–water partition coefficient (Wildman–Crippen LogP) is -4.46. The van der Waals surface area contributed by atoms with Crippen LogP contribution in [0.1, 0.15) is 0 Å². The van der Waals surface area contributed by atoms with Gasteiger partial charge in [-0.2, -0.15) is 12.6 Å². The van der Waals surface area contributed by atoms with Gasteiger partial charge in [0.05, 0.1) is 12.7 Å². The van der Waals surface area contributed by atoms with Gasteiger partial charge < -0.3 is 50.0 Å². The van der Waals surface area contributed by atoms with Crippen LogP contribution in [0.25, 0.3) is 0 Å². The van der Waals surface area contributed by atoms with Crippen LogP contribution in [0, 0.1) is 0 Å². The van der Waals surface area contributed by atoms with E-state index >= 15 is 0 Å². The van der Waals surface area contributed by atoms with Crippen LogP contribution < -0.4 is 0 Å². The van der Waals surface area contributed by atoms with Crippen LogP contribution in [0.4, 0.5) is 0 Å². The highest BCUT2D eigenvalue weighted by atomic mass is 32.1. The molecular weight excluding hydrogens is 336 g/mol. The molecule has 2 fully saturated rings. The van der Waals surface area contributed by atoms with Crippen molar-refractivity contribution < 1.29 is 50.0 Å². The Labute approximate surface area is 137 Å². The summed E-state index contributed by atoms with van der Waals surface area (Å²) in [6.45, 7) is -0.643. The van der Waals surface area contributed by atoms with Crippen LogP contribution in [0.3, 0.4) is 0 Å². The topological polar surface area (TPSA) is 169 Å². The molecule has 0 bridgehead atoms. The second-order valence-corrected chi connectivity index (χ2v) is 5.89. The number of ether oxygens (including phenoxy) is 3. The molecule has 7 N–H and O–H groups in total. The molecule has 0 amide bonds. The van der Waals surface area contributed by atoms with Gasteiger partial charge in [0.15, 0.2) is 12.6 Å². The molecule has 0 saturated carbocycles. The Morgan fingerprint density at radius 1 is 0.783 bits per heavy atom. The summed E-state index contributed by atoms with van der Waals surface area (Å²) in [5.41, 5.74) is 0. The molecule has 0 aromatic heterocycles. The minimum atomic E-state index is -1.71. The fourth-order valence-corrected chi connectivity index (χ4v) is 2.87. The van der Waals surface area contributed by atoms with Gasteiger partial charge in [0, 0.05) is 5.75 Å². The van der Waals surface area contributed by atoms with Gasteiger partial charge in [-0.15, -0.1) is 0 Å². The molecule has 10 nitrogen and oxygen atoms in total. The fourth-order valence-electron chi connectivity index (χ4n) is 2.57. The first-order valence-corrected chi connectivity index (χ1v) is 7.71. The summed E-state index contributed by atoms with van der Waals surface area (Å²) in [6.07, 6.45) is -14.6. The zero-order valence-corrected chi connectivity index (χ0v) is 12.9. The maximum atomic E-state index is 9.98. The van der Waals surface area contributed by atoms with Gasteiger partial charge in [-0.05, 0) is 0 Å². The molecule has 2 saturated heterocycles. The molecule has 2 heterocycles. The number of aliphatic hydroxyl groups is 7. The van der Waals surface area contributed by atoms with Crippen LogP contribution in [-0.2, 0) is 14.2 Å². The van der Waals surface area contributed by atoms with E-state index in [1.54, 1.807) is 0 Å². The molecule has 0 spiro atoms. The van der Waals surface area contributed by atoms with Gasteiger partial charge >= 0.3 is 0 Å². The van der Waals surface area contributed by atoms with Gasteiger partial charge in [0.25, 0.3) is 0 Å². The predicted molar refractivity (Wildman–Crippen MR) is 75.4 cm³/mol. The van der Waals surface area contributed by atoms with Gasteiger partial charge in [0.2, 0.25) is 0 Å². The maximum Gasteiger partial charge on any atom is 0.187 e. The minimum Gasteiger partial charge on any atom is -0.394 e. The van der Waals surface area contributed by atoms with Gasteiger partial charge in [-0.1, -0.05) is 0 Å². The summed E-state index contributed by atoms with van der Waals surface area (Å²) >= 11 is 3.96. The summed E-state index contributed by atoms with van der Waals surface area (Å²) in [4.78, 5) is 0. The first-order valence-electron chi connectivity index (χ1n) is 7.08. The van der Waals surface area contributed by atoms with Crippen molar-refractivity contribution in [2.75, 3.05) is 12.4 Å². The smallest absolute Gasteiger partial charge is 0.187 e. The summed E-state index contributed by atoms with van der Waals surface area (Å²) in [7, 11) is 0. The van der Waals surface area contributed by atoms with Crippen molar-refractivity contribution in [3.63, 3.8) is 0 Å². The van der Waals surface area contributed by atoms with Crippen molar-refractivity contribution in [2.45, 2.75) is 61.4 Å². The van der Waals surface area contributed by atoms with Crippen molar-refractivity contribution in [1.29, 1.82) is 0 Å². The summed E-state index contributed by atoms with van der Waals surface area (Å²) in [5, 5.41) is 67.7. The molecule has 6 unspecified atom stereocenters. The molecule has 2 aliphatic rings. The minimum absolute atomic E-state index is 0.0271. The maximum absolute atomic E-state index is 9.98. The second-order valence-electron chi connectivity index (χ2n) is 5.53. The molecule has 0 aromatic carbocycles. The van der Waals surface area contributed by atoms with E-state index in [0.717, 1.165) is 0 Å². The zero-order chi connectivity index (χ0) is 17.3. The third kappa shape index (κ3) is 3.80. The third-order valence-electron chi connectivity index (χ3n) is 3.98. The van der Waals surface area contributed by atoms with Crippen molar-refractivity contribution in [3.8, 4) is 0 Å². The lowest BCUT2D eigenvalue weighted by Gasteiger charge is -2.45. The highest BCUT2D eigenvalue weighted by Gasteiger charge is 2.49. The molecular formula is C12H22O10S. The monoisotopic (exact) mass is 358 g/mol. The Morgan fingerprint density at radius 3 is 2.00 bits per heavy atom. The SMILES string of the molecule is OCC1O[C@@H](O)C(O)C(O)[C@@H]1O[C@@H]1OC(CS)[C@@H](O)C(O)C1O. The van der Waals surface area contributed by atoms with E-state index in [9.17, 15) is 35.7 Å². The van der Waals surface area contributed by atoms with E-state index in [1.807, 2.05) is 0 Å². The van der Waals surface area contributed by atoms with Crippen LogP contribution in [-0.4, -0.2) is 110 Å². The number of hydrogen-bond acceptors (Lipinski definition) is 11. The van der Waals surface area contributed by atoms with Crippen molar-refractivity contribution in [3.05, 3.63) is 0 Å². The van der Waals surface area contributed by atoms with Crippen molar-refractivity contribution >= 4 is 12.6 Å². The molecule has 136 valence electrons. The van der Waals surface area contributed by atoms with Gasteiger partial charge in [-0.25, -0.2) is 0 Å². The van der Waals surface area contributed by atoms with Gasteiger partial charge in [-0.3, -0.25) is 0 Å². The first-order chi connectivity index (χ1) is 10.8. The quantitative estimate of drug-likeness (QED) is 0.229. The van der Waals surface area contributed by atoms with Crippen molar-refractivity contribution in [2.24, 2.45) is 0 Å². The largest absolute Gasteiger partial charge is 0.394 e. The summed E-state index contributed by atoms with van der Waals surface area (Å²) < 4.78 is 15.5. The molecule has 0 radical (unpaired) electrons. The highest BCUT2D eigenvalue weighted by molar-refractivity contribution is 7.80. The average Bonchev–Trinajstić information content (AvgIpc) is 2.55. The number of thiol groups is 1. The van der Waals surface area contributed by atoms with Crippen molar-refractivity contribution in [1.82, 2.24) is 0 Å². The lowest BCUT2D eigenvalue weighted by atomic mass is 9.97. The Balaban J connectivity index is 2.11. The molecule has 2 aliphatic heterocycles. The molecule has 0 aliphatic carbocycles. The number of aliphatic hydroxyl groups excluding tert-OH is 7. The zero-order valence-electron chi connectivity index (χ0n) is 12.0. The van der Waals surface area contributed by atoms with E-state index in [1.165, 1.54) is 0 Å². The lowest BCUT2D eigenvalue weighted by Crippen LogP contribution is -2.64. The van der Waals surface area contributed by atoms with Crippen LogP contribution in [0.5, 0.6) is 0 Å². The molecule has 10 atom stereocenters. The lowest BCUT2D eigenvalue weighted by molar-refractivity contribution is -0.351. The number of hydrogen-bond donors (Lipinski definition) is 8. The third-order valence-corrected chi connectivity index (χ3v) is 4.34. The van der Waals surface area contributed by atoms with Crippen LogP contribution in [0.2, 0.25) is 0 Å². The van der Waals surface area contributed by atoms with E-state index in [-0.39, 0.29) is 5.75 Å². The summed E-state index contributed by atoms with van der Waals surface area (Å²) in [6, 6.07) is 0. The normalized spacial score (nSPS) is 51.7. The Kier molecular flexibility index (Phi) is 6.61. The Bertz CT molecular complexity index is 383. The first kappa shape index (κ1) is 19.3. The van der Waals surface area contributed by atoms with Crippen LogP contribution >= 0.6 is 12.6 Å². The molecule has 2 rings (SSSR count). The second kappa shape index (κ2) is 7.89. The fraction of sp³-hybridized carbons (Fsp3) is 1.00. The average molecular weight is 358 g/mol. The Morgan fingerprint density at radius 2 is 1.43 bits per heavy atom. The van der Waals surface area contributed by atoms with Gasteiger partial charge in [0.1, 0.15) is 42.7 Å². The molecule has 11 heteroatoms.